The topological polar surface area (TPSA) is 32.8 Å². The summed E-state index contributed by atoms with van der Waals surface area (Å²) in [4.78, 5) is 18.4. The third kappa shape index (κ3) is 4.32. The number of hydrogen-bond acceptors (Lipinski definition) is 4. The minimum Gasteiger partial charge on any atom is -0.378 e. The molecule has 0 spiro atoms. The van der Waals surface area contributed by atoms with E-state index in [0.29, 0.717) is 12.0 Å². The zero-order valence-electron chi connectivity index (χ0n) is 14.7. The van der Waals surface area contributed by atoms with Gasteiger partial charge in [-0.15, -0.1) is 11.8 Å². The predicted molar refractivity (Wildman–Crippen MR) is 98.6 cm³/mol. The van der Waals surface area contributed by atoms with Crippen molar-refractivity contribution < 1.29 is 9.53 Å². The van der Waals surface area contributed by atoms with Gasteiger partial charge in [0.2, 0.25) is 5.91 Å². The van der Waals surface area contributed by atoms with E-state index in [4.69, 9.17) is 4.74 Å². The highest BCUT2D eigenvalue weighted by Crippen LogP contribution is 2.40. The van der Waals surface area contributed by atoms with Crippen LogP contribution in [0.1, 0.15) is 30.7 Å². The van der Waals surface area contributed by atoms with Gasteiger partial charge < -0.3 is 14.5 Å². The van der Waals surface area contributed by atoms with Crippen LogP contribution >= 0.6 is 11.8 Å². The summed E-state index contributed by atoms with van der Waals surface area (Å²) in [5.41, 5.74) is 1.22. The second-order valence-corrected chi connectivity index (χ2v) is 8.02. The molecule has 0 aromatic heterocycles. The van der Waals surface area contributed by atoms with Gasteiger partial charge in [-0.3, -0.25) is 4.79 Å². The molecule has 0 bridgehead atoms. The molecule has 5 heteroatoms. The number of hydrogen-bond donors (Lipinski definition) is 0. The Kier molecular flexibility index (Phi) is 6.19. The summed E-state index contributed by atoms with van der Waals surface area (Å²) in [5, 5.41) is 0. The molecule has 2 aliphatic rings. The van der Waals surface area contributed by atoms with Crippen LogP contribution in [0.2, 0.25) is 0 Å². The number of amides is 1. The van der Waals surface area contributed by atoms with Crippen molar-refractivity contribution in [1.82, 2.24) is 9.80 Å². The first-order chi connectivity index (χ1) is 11.6. The lowest BCUT2D eigenvalue weighted by atomic mass is 9.98. The van der Waals surface area contributed by atoms with Crippen molar-refractivity contribution in [1.29, 1.82) is 0 Å². The van der Waals surface area contributed by atoms with Crippen molar-refractivity contribution in [3.05, 3.63) is 29.8 Å². The summed E-state index contributed by atoms with van der Waals surface area (Å²) < 4.78 is 5.97. The number of nitrogens with zero attached hydrogens (tertiary/aromatic N) is 2. The quantitative estimate of drug-likeness (QED) is 0.740. The van der Waals surface area contributed by atoms with E-state index in [0.717, 1.165) is 51.3 Å². The van der Waals surface area contributed by atoms with Crippen LogP contribution in [0.4, 0.5) is 0 Å². The minimum atomic E-state index is 0.0451. The van der Waals surface area contributed by atoms with E-state index in [2.05, 4.69) is 37.2 Å². The molecule has 0 N–H and O–H groups in total. The molecule has 0 unspecified atom stereocenters. The Hall–Kier alpha value is -1.04. The molecule has 2 heterocycles. The highest BCUT2D eigenvalue weighted by molar-refractivity contribution is 7.99. The summed E-state index contributed by atoms with van der Waals surface area (Å²) >= 11 is 1.81. The highest BCUT2D eigenvalue weighted by Gasteiger charge is 2.33. The summed E-state index contributed by atoms with van der Waals surface area (Å²) in [7, 11) is 4.17. The normalized spacial score (nSPS) is 21.3. The van der Waals surface area contributed by atoms with Gasteiger partial charge in [0.1, 0.15) is 0 Å². The van der Waals surface area contributed by atoms with E-state index < -0.39 is 0 Å². The molecule has 1 aromatic carbocycles. The largest absolute Gasteiger partial charge is 0.378 e. The van der Waals surface area contributed by atoms with Gasteiger partial charge in [-0.1, -0.05) is 18.2 Å². The molecule has 3 rings (SSSR count). The van der Waals surface area contributed by atoms with Crippen molar-refractivity contribution in [2.24, 2.45) is 0 Å². The Labute approximate surface area is 149 Å². The number of ether oxygens (including phenoxy) is 1. The molecule has 1 fully saturated rings. The molecule has 4 nitrogen and oxygen atoms in total. The van der Waals surface area contributed by atoms with E-state index in [1.807, 2.05) is 22.7 Å². The number of carbonyl (C=O) groups is 1. The zero-order chi connectivity index (χ0) is 16.9. The molecule has 0 aliphatic carbocycles. The fourth-order valence-electron chi connectivity index (χ4n) is 3.46. The number of rotatable bonds is 6. The number of likely N-dealkylation sites (tertiary alicyclic amines) is 1. The molecule has 1 aromatic rings. The Morgan fingerprint density at radius 2 is 2.04 bits per heavy atom. The minimum absolute atomic E-state index is 0.0451. The molecule has 0 radical (unpaired) electrons. The maximum absolute atomic E-state index is 12.9. The Morgan fingerprint density at radius 3 is 2.79 bits per heavy atom. The van der Waals surface area contributed by atoms with Gasteiger partial charge in [-0.05, 0) is 51.5 Å². The predicted octanol–water partition coefficient (Wildman–Crippen LogP) is 2.84. The van der Waals surface area contributed by atoms with Crippen LogP contribution < -0.4 is 0 Å². The van der Waals surface area contributed by atoms with Crippen LogP contribution in [0, 0.1) is 0 Å². The average Bonchev–Trinajstić information content (AvgIpc) is 3.02. The molecule has 0 saturated carbocycles. The summed E-state index contributed by atoms with van der Waals surface area (Å²) in [6.45, 7) is 3.56. The standard InChI is InChI=1S/C19H28N2O2S/c1-20(2)10-5-13-23-15-8-11-21(12-9-15)19(22)17-14-24-18-7-4-3-6-16(17)18/h3-4,6-7,15,17H,5,8-14H2,1-2H3/t17-/m0/s1. The lowest BCUT2D eigenvalue weighted by molar-refractivity contribution is -0.134. The first kappa shape index (κ1) is 17.8. The van der Waals surface area contributed by atoms with Gasteiger partial charge >= 0.3 is 0 Å². The molecular formula is C19H28N2O2S. The van der Waals surface area contributed by atoms with Crippen molar-refractivity contribution in [3.63, 3.8) is 0 Å². The Balaban J connectivity index is 1.44. The Morgan fingerprint density at radius 1 is 1.29 bits per heavy atom. The van der Waals surface area contributed by atoms with Gasteiger partial charge in [-0.25, -0.2) is 0 Å². The average molecular weight is 349 g/mol. The van der Waals surface area contributed by atoms with Crippen LogP contribution in [-0.4, -0.2) is 67.9 Å². The maximum atomic E-state index is 12.9. The fraction of sp³-hybridized carbons (Fsp3) is 0.632. The molecule has 1 saturated heterocycles. The van der Waals surface area contributed by atoms with Gasteiger partial charge in [0.15, 0.2) is 0 Å². The van der Waals surface area contributed by atoms with Crippen molar-refractivity contribution in [2.45, 2.75) is 36.2 Å². The van der Waals surface area contributed by atoms with Crippen molar-refractivity contribution >= 4 is 17.7 Å². The van der Waals surface area contributed by atoms with Gasteiger partial charge in [0.05, 0.1) is 12.0 Å². The smallest absolute Gasteiger partial charge is 0.231 e. The van der Waals surface area contributed by atoms with Crippen molar-refractivity contribution in [3.8, 4) is 0 Å². The van der Waals surface area contributed by atoms with Crippen LogP contribution in [0.5, 0.6) is 0 Å². The lowest BCUT2D eigenvalue weighted by Gasteiger charge is -2.33. The third-order valence-corrected chi connectivity index (χ3v) is 6.04. The van der Waals surface area contributed by atoms with Crippen LogP contribution in [0.25, 0.3) is 0 Å². The van der Waals surface area contributed by atoms with Crippen LogP contribution in [-0.2, 0) is 9.53 Å². The number of fused-ring (bicyclic) bond motifs is 1. The summed E-state index contributed by atoms with van der Waals surface area (Å²) in [6, 6.07) is 8.33. The third-order valence-electron chi connectivity index (χ3n) is 4.85. The second kappa shape index (κ2) is 8.37. The van der Waals surface area contributed by atoms with Gasteiger partial charge in [-0.2, -0.15) is 0 Å². The van der Waals surface area contributed by atoms with Crippen molar-refractivity contribution in [2.75, 3.05) is 46.1 Å². The van der Waals surface area contributed by atoms with Crippen LogP contribution in [0.3, 0.4) is 0 Å². The lowest BCUT2D eigenvalue weighted by Crippen LogP contribution is -2.43. The second-order valence-electron chi connectivity index (χ2n) is 6.95. The first-order valence-electron chi connectivity index (χ1n) is 8.92. The van der Waals surface area contributed by atoms with Gasteiger partial charge in [0.25, 0.3) is 0 Å². The molecule has 1 amide bonds. The maximum Gasteiger partial charge on any atom is 0.231 e. The Bertz CT molecular complexity index is 556. The number of thioether (sulfide) groups is 1. The fourth-order valence-corrected chi connectivity index (χ4v) is 4.68. The molecular weight excluding hydrogens is 320 g/mol. The van der Waals surface area contributed by atoms with E-state index in [1.165, 1.54) is 10.5 Å². The monoisotopic (exact) mass is 348 g/mol. The number of carbonyl (C=O) groups excluding carboxylic acids is 1. The number of benzene rings is 1. The number of piperidine rings is 1. The molecule has 2 aliphatic heterocycles. The zero-order valence-corrected chi connectivity index (χ0v) is 15.6. The summed E-state index contributed by atoms with van der Waals surface area (Å²) in [5.74, 6) is 1.24. The van der Waals surface area contributed by atoms with E-state index >= 15 is 0 Å². The molecule has 132 valence electrons. The van der Waals surface area contributed by atoms with E-state index in [1.54, 1.807) is 0 Å². The SMILES string of the molecule is CN(C)CCCOC1CCN(C(=O)[C@H]2CSc3ccccc32)CC1. The summed E-state index contributed by atoms with van der Waals surface area (Å²) in [6.07, 6.45) is 3.33. The van der Waals surface area contributed by atoms with Crippen LogP contribution in [0.15, 0.2) is 29.2 Å². The molecule has 24 heavy (non-hydrogen) atoms. The van der Waals surface area contributed by atoms with E-state index in [9.17, 15) is 4.79 Å². The molecule has 1 atom stereocenters. The van der Waals surface area contributed by atoms with E-state index in [-0.39, 0.29) is 5.92 Å². The highest BCUT2D eigenvalue weighted by atomic mass is 32.2. The first-order valence-corrected chi connectivity index (χ1v) is 9.90. The van der Waals surface area contributed by atoms with Gasteiger partial charge in [0, 0.05) is 30.3 Å².